The number of hydrogen-bond donors (Lipinski definition) is 1. The lowest BCUT2D eigenvalue weighted by atomic mass is 9.97. The molecule has 5 nitrogen and oxygen atoms in total. The Hall–Kier alpha value is -2.18. The van der Waals surface area contributed by atoms with Crippen LogP contribution in [0.1, 0.15) is 37.4 Å². The molecule has 146 valence electrons. The summed E-state index contributed by atoms with van der Waals surface area (Å²) < 4.78 is 26.4. The molecule has 0 saturated heterocycles. The van der Waals surface area contributed by atoms with Crippen LogP contribution in [0.2, 0.25) is 0 Å². The number of amides is 1. The fourth-order valence-corrected chi connectivity index (χ4v) is 3.98. The number of nitrogens with one attached hydrogen (secondary N) is 1. The first-order valence-corrected chi connectivity index (χ1v) is 10.5. The molecular weight excluding hydrogens is 360 g/mol. The molecule has 0 aliphatic heterocycles. The van der Waals surface area contributed by atoms with Crippen molar-refractivity contribution in [2.75, 3.05) is 13.6 Å². The van der Waals surface area contributed by atoms with E-state index in [1.807, 2.05) is 37.3 Å². The number of carbonyl (C=O) groups is 1. The van der Waals surface area contributed by atoms with Crippen LogP contribution in [0.15, 0.2) is 59.5 Å². The Bertz CT molecular complexity index is 847. The number of hydrogen-bond acceptors (Lipinski definition) is 3. The van der Waals surface area contributed by atoms with Crippen molar-refractivity contribution < 1.29 is 13.2 Å². The van der Waals surface area contributed by atoms with E-state index in [0.717, 1.165) is 21.9 Å². The minimum absolute atomic E-state index is 0.144. The van der Waals surface area contributed by atoms with E-state index in [2.05, 4.69) is 19.2 Å². The van der Waals surface area contributed by atoms with Crippen LogP contribution in [-0.2, 0) is 14.8 Å². The summed E-state index contributed by atoms with van der Waals surface area (Å²) >= 11 is 0. The van der Waals surface area contributed by atoms with E-state index >= 15 is 0 Å². The Morgan fingerprint density at radius 2 is 1.63 bits per heavy atom. The first-order valence-electron chi connectivity index (χ1n) is 9.07. The van der Waals surface area contributed by atoms with Gasteiger partial charge in [-0.1, -0.05) is 61.9 Å². The molecule has 27 heavy (non-hydrogen) atoms. The fraction of sp³-hybridized carbons (Fsp3) is 0.381. The van der Waals surface area contributed by atoms with Gasteiger partial charge in [-0.25, -0.2) is 8.42 Å². The summed E-state index contributed by atoms with van der Waals surface area (Å²) in [5, 5.41) is 2.98. The second-order valence-electron chi connectivity index (χ2n) is 7.23. The summed E-state index contributed by atoms with van der Waals surface area (Å²) in [6.45, 7) is 5.86. The van der Waals surface area contributed by atoms with E-state index in [1.165, 1.54) is 7.05 Å². The molecule has 2 aromatic carbocycles. The largest absolute Gasteiger partial charge is 0.348 e. The molecular formula is C21H28N2O3S. The molecule has 1 atom stereocenters. The molecule has 2 rings (SSSR count). The van der Waals surface area contributed by atoms with Gasteiger partial charge in [0.05, 0.1) is 17.5 Å². The zero-order valence-electron chi connectivity index (χ0n) is 16.3. The molecule has 0 aliphatic carbocycles. The van der Waals surface area contributed by atoms with Crippen molar-refractivity contribution in [3.8, 4) is 0 Å². The lowest BCUT2D eigenvalue weighted by Crippen LogP contribution is -2.40. The molecule has 0 spiro atoms. The van der Waals surface area contributed by atoms with E-state index in [-0.39, 0.29) is 23.4 Å². The number of carbonyl (C=O) groups excluding carboxylic acids is 1. The van der Waals surface area contributed by atoms with E-state index in [4.69, 9.17) is 0 Å². The van der Waals surface area contributed by atoms with Crippen molar-refractivity contribution in [1.82, 2.24) is 9.62 Å². The number of likely N-dealkylation sites (N-methyl/N-ethyl adjacent to an activating group) is 1. The van der Waals surface area contributed by atoms with Crippen molar-refractivity contribution in [3.63, 3.8) is 0 Å². The van der Waals surface area contributed by atoms with Crippen LogP contribution in [-0.4, -0.2) is 32.2 Å². The van der Waals surface area contributed by atoms with Gasteiger partial charge in [0.1, 0.15) is 0 Å². The van der Waals surface area contributed by atoms with Gasteiger partial charge in [-0.3, -0.25) is 4.79 Å². The van der Waals surface area contributed by atoms with Crippen molar-refractivity contribution >= 4 is 15.9 Å². The SMILES string of the molecule is Cc1ccc(S(=O)(=O)N(C)CC(=O)N[C@H](CC(C)C)c2ccccc2)cc1. The van der Waals surface area contributed by atoms with Crippen LogP contribution in [0.4, 0.5) is 0 Å². The molecule has 0 aromatic heterocycles. The molecule has 0 radical (unpaired) electrons. The van der Waals surface area contributed by atoms with Crippen LogP contribution in [0.3, 0.4) is 0 Å². The van der Waals surface area contributed by atoms with Gasteiger partial charge < -0.3 is 5.32 Å². The summed E-state index contributed by atoms with van der Waals surface area (Å²) in [6.07, 6.45) is 0.782. The Morgan fingerprint density at radius 3 is 2.19 bits per heavy atom. The second kappa shape index (κ2) is 9.15. The minimum Gasteiger partial charge on any atom is -0.348 e. The molecule has 1 amide bonds. The summed E-state index contributed by atoms with van der Waals surface area (Å²) in [4.78, 5) is 12.7. The zero-order chi connectivity index (χ0) is 20.0. The predicted molar refractivity (Wildman–Crippen MR) is 108 cm³/mol. The quantitative estimate of drug-likeness (QED) is 0.752. The zero-order valence-corrected chi connectivity index (χ0v) is 17.2. The normalized spacial score (nSPS) is 13.0. The first-order chi connectivity index (χ1) is 12.7. The van der Waals surface area contributed by atoms with E-state index < -0.39 is 10.0 Å². The average Bonchev–Trinajstić information content (AvgIpc) is 2.61. The first kappa shape index (κ1) is 21.1. The van der Waals surface area contributed by atoms with Gasteiger partial charge in [0.2, 0.25) is 15.9 Å². The Balaban J connectivity index is 2.09. The van der Waals surface area contributed by atoms with Gasteiger partial charge in [-0.15, -0.1) is 0 Å². The van der Waals surface area contributed by atoms with Crippen LogP contribution in [0.5, 0.6) is 0 Å². The van der Waals surface area contributed by atoms with Crippen LogP contribution >= 0.6 is 0 Å². The monoisotopic (exact) mass is 388 g/mol. The number of rotatable bonds is 8. The maximum Gasteiger partial charge on any atom is 0.243 e. The van der Waals surface area contributed by atoms with Gasteiger partial charge >= 0.3 is 0 Å². The highest BCUT2D eigenvalue weighted by Gasteiger charge is 2.24. The number of sulfonamides is 1. The van der Waals surface area contributed by atoms with Gasteiger partial charge in [-0.05, 0) is 37.0 Å². The summed E-state index contributed by atoms with van der Waals surface area (Å²) in [7, 11) is -2.28. The summed E-state index contributed by atoms with van der Waals surface area (Å²) in [5.41, 5.74) is 2.00. The number of nitrogens with zero attached hydrogens (tertiary/aromatic N) is 1. The molecule has 0 unspecified atom stereocenters. The maximum absolute atomic E-state index is 12.7. The number of benzene rings is 2. The molecule has 6 heteroatoms. The lowest BCUT2D eigenvalue weighted by Gasteiger charge is -2.23. The van der Waals surface area contributed by atoms with Crippen molar-refractivity contribution in [3.05, 3.63) is 65.7 Å². The van der Waals surface area contributed by atoms with E-state index in [0.29, 0.717) is 5.92 Å². The van der Waals surface area contributed by atoms with Gasteiger partial charge in [-0.2, -0.15) is 4.31 Å². The highest BCUT2D eigenvalue weighted by molar-refractivity contribution is 7.89. The Kier molecular flexibility index (Phi) is 7.16. The topological polar surface area (TPSA) is 66.5 Å². The number of aryl methyl sites for hydroxylation is 1. The summed E-state index contributed by atoms with van der Waals surface area (Å²) in [5.74, 6) is 0.0761. The van der Waals surface area contributed by atoms with Gasteiger partial charge in [0.15, 0.2) is 0 Å². The smallest absolute Gasteiger partial charge is 0.243 e. The van der Waals surface area contributed by atoms with Crippen molar-refractivity contribution in [2.45, 2.75) is 38.1 Å². The van der Waals surface area contributed by atoms with Crippen LogP contribution < -0.4 is 5.32 Å². The molecule has 0 fully saturated rings. The fourth-order valence-electron chi connectivity index (χ4n) is 2.85. The van der Waals surface area contributed by atoms with E-state index in [9.17, 15) is 13.2 Å². The molecule has 2 aromatic rings. The highest BCUT2D eigenvalue weighted by atomic mass is 32.2. The predicted octanol–water partition coefficient (Wildman–Crippen LogP) is 3.52. The minimum atomic E-state index is -3.70. The Labute approximate surface area is 162 Å². The van der Waals surface area contributed by atoms with Crippen LogP contribution in [0.25, 0.3) is 0 Å². The van der Waals surface area contributed by atoms with Gasteiger partial charge in [0.25, 0.3) is 0 Å². The third-order valence-electron chi connectivity index (χ3n) is 4.34. The van der Waals surface area contributed by atoms with Crippen molar-refractivity contribution in [1.29, 1.82) is 0 Å². The molecule has 0 aliphatic rings. The van der Waals surface area contributed by atoms with E-state index in [1.54, 1.807) is 24.3 Å². The average molecular weight is 389 g/mol. The molecule has 0 heterocycles. The van der Waals surface area contributed by atoms with Crippen LogP contribution in [0, 0.1) is 12.8 Å². The lowest BCUT2D eigenvalue weighted by molar-refractivity contribution is -0.122. The highest BCUT2D eigenvalue weighted by Crippen LogP contribution is 2.21. The van der Waals surface area contributed by atoms with Gasteiger partial charge in [0, 0.05) is 7.05 Å². The molecule has 0 bridgehead atoms. The third kappa shape index (κ3) is 5.91. The standard InChI is InChI=1S/C21H28N2O3S/c1-16(2)14-20(18-8-6-5-7-9-18)22-21(24)15-23(4)27(25,26)19-12-10-17(3)11-13-19/h5-13,16,20H,14-15H2,1-4H3,(H,22,24)/t20-/m1/s1. The second-order valence-corrected chi connectivity index (χ2v) is 9.28. The molecule has 0 saturated carbocycles. The third-order valence-corrected chi connectivity index (χ3v) is 6.16. The summed E-state index contributed by atoms with van der Waals surface area (Å²) in [6, 6.07) is 16.2. The van der Waals surface area contributed by atoms with Crippen molar-refractivity contribution in [2.24, 2.45) is 5.92 Å². The maximum atomic E-state index is 12.7. The Morgan fingerprint density at radius 1 is 1.04 bits per heavy atom. The molecule has 1 N–H and O–H groups in total.